The summed E-state index contributed by atoms with van der Waals surface area (Å²) in [7, 11) is -0.492. The van der Waals surface area contributed by atoms with Gasteiger partial charge in [0.25, 0.3) is 0 Å². The van der Waals surface area contributed by atoms with Crippen LogP contribution in [0.4, 0.5) is 0 Å². The molecule has 0 N–H and O–H groups in total. The van der Waals surface area contributed by atoms with Crippen molar-refractivity contribution in [1.82, 2.24) is 9.21 Å². The van der Waals surface area contributed by atoms with E-state index in [1.807, 2.05) is 0 Å². The number of carbonyl (C=O) groups is 1. The van der Waals surface area contributed by atoms with Gasteiger partial charge in [0.1, 0.15) is 5.75 Å². The molecule has 7 nitrogen and oxygen atoms in total. The highest BCUT2D eigenvalue weighted by molar-refractivity contribution is 7.89. The lowest BCUT2D eigenvalue weighted by atomic mass is 10.1. The summed E-state index contributed by atoms with van der Waals surface area (Å²) >= 11 is 0. The molecule has 2 heterocycles. The van der Waals surface area contributed by atoms with Crippen LogP contribution < -0.4 is 4.74 Å². The number of methoxy groups -OCH3 is 2. The Hall–Kier alpha value is -1.64. The fourth-order valence-corrected chi connectivity index (χ4v) is 5.22. The number of hydrogen-bond acceptors (Lipinski definition) is 5. The van der Waals surface area contributed by atoms with Gasteiger partial charge in [-0.1, -0.05) is 0 Å². The van der Waals surface area contributed by atoms with Gasteiger partial charge in [-0.2, -0.15) is 4.31 Å². The first-order valence-corrected chi connectivity index (χ1v) is 9.37. The van der Waals surface area contributed by atoms with E-state index >= 15 is 0 Å². The van der Waals surface area contributed by atoms with Gasteiger partial charge in [-0.05, 0) is 30.7 Å². The molecule has 2 aliphatic heterocycles. The predicted octanol–water partition coefficient (Wildman–Crippen LogP) is 0.706. The number of carbonyl (C=O) groups excluding carboxylic acids is 1. The highest BCUT2D eigenvalue weighted by Crippen LogP contribution is 2.36. The van der Waals surface area contributed by atoms with Crippen molar-refractivity contribution in [2.24, 2.45) is 0 Å². The fourth-order valence-electron chi connectivity index (χ4n) is 3.55. The van der Waals surface area contributed by atoms with Crippen LogP contribution in [-0.2, 0) is 19.6 Å². The first-order chi connectivity index (χ1) is 11.5. The first-order valence-electron chi connectivity index (χ1n) is 7.93. The zero-order valence-corrected chi connectivity index (χ0v) is 14.7. The molecule has 3 rings (SSSR count). The molecule has 0 aromatic heterocycles. The second-order valence-electron chi connectivity index (χ2n) is 6.00. The summed E-state index contributed by atoms with van der Waals surface area (Å²) in [4.78, 5) is 14.2. The maximum atomic E-state index is 12.9. The van der Waals surface area contributed by atoms with Crippen molar-refractivity contribution in [1.29, 1.82) is 0 Å². The predicted molar refractivity (Wildman–Crippen MR) is 87.3 cm³/mol. The quantitative estimate of drug-likeness (QED) is 0.752. The van der Waals surface area contributed by atoms with Gasteiger partial charge >= 0.3 is 0 Å². The zero-order chi connectivity index (χ0) is 17.3. The van der Waals surface area contributed by atoms with Gasteiger partial charge in [-0.15, -0.1) is 0 Å². The van der Waals surface area contributed by atoms with E-state index in [-0.39, 0.29) is 29.3 Å². The molecule has 0 aliphatic carbocycles. The number of fused-ring (bicyclic) bond motifs is 1. The van der Waals surface area contributed by atoms with Gasteiger partial charge in [0.15, 0.2) is 0 Å². The molecule has 8 heteroatoms. The standard InChI is InChI=1S/C16H22N2O5S/c1-22-10-9-17-14-7-8-18(15(14)11-16(17)19)24(20,21)13-5-3-12(23-2)4-6-13/h3-6,14-15H,7-11H2,1-2H3/t14-,15-/m0/s1. The SMILES string of the molecule is COCCN1C(=O)C[C@H]2[C@@H]1CCN2S(=O)(=O)c1ccc(OC)cc1. The molecule has 0 bridgehead atoms. The van der Waals surface area contributed by atoms with Crippen molar-refractivity contribution in [2.45, 2.75) is 29.8 Å². The maximum Gasteiger partial charge on any atom is 0.243 e. The van der Waals surface area contributed by atoms with Gasteiger partial charge in [0.2, 0.25) is 15.9 Å². The van der Waals surface area contributed by atoms with E-state index in [0.717, 1.165) is 0 Å². The summed E-state index contributed by atoms with van der Waals surface area (Å²) in [6.45, 7) is 1.40. The smallest absolute Gasteiger partial charge is 0.243 e. The minimum absolute atomic E-state index is 0.00307. The summed E-state index contributed by atoms with van der Waals surface area (Å²) in [6.07, 6.45) is 0.902. The Kier molecular flexibility index (Phi) is 4.80. The highest BCUT2D eigenvalue weighted by Gasteiger charge is 2.50. The zero-order valence-electron chi connectivity index (χ0n) is 13.8. The van der Waals surface area contributed by atoms with Gasteiger partial charge in [-0.25, -0.2) is 8.42 Å². The largest absolute Gasteiger partial charge is 0.497 e. The highest BCUT2D eigenvalue weighted by atomic mass is 32.2. The molecule has 0 radical (unpaired) electrons. The first kappa shape index (κ1) is 17.2. The number of likely N-dealkylation sites (tertiary alicyclic amines) is 1. The van der Waals surface area contributed by atoms with E-state index in [0.29, 0.717) is 31.9 Å². The molecule has 2 aliphatic rings. The van der Waals surface area contributed by atoms with Crippen LogP contribution in [0.15, 0.2) is 29.2 Å². The minimum atomic E-state index is -3.62. The van der Waals surface area contributed by atoms with Gasteiger partial charge in [-0.3, -0.25) is 4.79 Å². The normalized spacial score (nSPS) is 24.4. The van der Waals surface area contributed by atoms with Crippen LogP contribution in [-0.4, -0.2) is 69.5 Å². The summed E-state index contributed by atoms with van der Waals surface area (Å²) in [5, 5.41) is 0. The van der Waals surface area contributed by atoms with Crippen molar-refractivity contribution in [3.8, 4) is 5.75 Å². The second-order valence-corrected chi connectivity index (χ2v) is 7.89. The number of benzene rings is 1. The van der Waals surface area contributed by atoms with Crippen LogP contribution in [0.25, 0.3) is 0 Å². The van der Waals surface area contributed by atoms with E-state index < -0.39 is 10.0 Å². The molecule has 2 fully saturated rings. The lowest BCUT2D eigenvalue weighted by Crippen LogP contribution is -2.40. The second kappa shape index (κ2) is 6.70. The number of sulfonamides is 1. The molecule has 1 amide bonds. The average molecular weight is 354 g/mol. The molecule has 0 unspecified atom stereocenters. The average Bonchev–Trinajstić information content (AvgIpc) is 3.11. The number of hydrogen-bond donors (Lipinski definition) is 0. The van der Waals surface area contributed by atoms with Gasteiger partial charge in [0.05, 0.1) is 30.7 Å². The van der Waals surface area contributed by atoms with Crippen LogP contribution in [0.5, 0.6) is 5.75 Å². The molecular formula is C16H22N2O5S. The lowest BCUT2D eigenvalue weighted by Gasteiger charge is -2.25. The Morgan fingerprint density at radius 2 is 1.88 bits per heavy atom. The monoisotopic (exact) mass is 354 g/mol. The molecule has 1 aromatic carbocycles. The van der Waals surface area contributed by atoms with Crippen LogP contribution in [0.1, 0.15) is 12.8 Å². The van der Waals surface area contributed by atoms with Crippen LogP contribution >= 0.6 is 0 Å². The Labute approximate surface area is 142 Å². The summed E-state index contributed by atoms with van der Waals surface area (Å²) in [6, 6.07) is 6.00. The summed E-state index contributed by atoms with van der Waals surface area (Å²) in [5.74, 6) is 0.603. The Bertz CT molecular complexity index is 704. The number of nitrogens with zero attached hydrogens (tertiary/aromatic N) is 2. The molecule has 2 atom stereocenters. The van der Waals surface area contributed by atoms with Gasteiger partial charge in [0, 0.05) is 26.6 Å². The van der Waals surface area contributed by atoms with E-state index in [2.05, 4.69) is 0 Å². The molecule has 1 aromatic rings. The van der Waals surface area contributed by atoms with Crippen molar-refractivity contribution >= 4 is 15.9 Å². The van der Waals surface area contributed by atoms with E-state index in [9.17, 15) is 13.2 Å². The fraction of sp³-hybridized carbons (Fsp3) is 0.562. The van der Waals surface area contributed by atoms with E-state index in [4.69, 9.17) is 9.47 Å². The van der Waals surface area contributed by atoms with Crippen LogP contribution in [0.3, 0.4) is 0 Å². The summed E-state index contributed by atoms with van der Waals surface area (Å²) < 4.78 is 37.5. The molecule has 0 spiro atoms. The summed E-state index contributed by atoms with van der Waals surface area (Å²) in [5.41, 5.74) is 0. The molecule has 132 valence electrons. The van der Waals surface area contributed by atoms with Crippen LogP contribution in [0.2, 0.25) is 0 Å². The number of amides is 1. The van der Waals surface area contributed by atoms with E-state index in [1.54, 1.807) is 36.3 Å². The topological polar surface area (TPSA) is 76.2 Å². The minimum Gasteiger partial charge on any atom is -0.497 e. The Balaban J connectivity index is 1.81. The third kappa shape index (κ3) is 2.89. The maximum absolute atomic E-state index is 12.9. The van der Waals surface area contributed by atoms with Crippen molar-refractivity contribution in [2.75, 3.05) is 33.9 Å². The molecule has 0 saturated carbocycles. The molecular weight excluding hydrogens is 332 g/mol. The Morgan fingerprint density at radius 3 is 2.50 bits per heavy atom. The molecule has 24 heavy (non-hydrogen) atoms. The third-order valence-electron chi connectivity index (χ3n) is 4.77. The van der Waals surface area contributed by atoms with Crippen LogP contribution in [0, 0.1) is 0 Å². The number of ether oxygens (including phenoxy) is 2. The van der Waals surface area contributed by atoms with E-state index in [1.165, 1.54) is 11.4 Å². The molecule has 2 saturated heterocycles. The van der Waals surface area contributed by atoms with Crippen molar-refractivity contribution < 1.29 is 22.7 Å². The Morgan fingerprint density at radius 1 is 1.17 bits per heavy atom. The van der Waals surface area contributed by atoms with Crippen molar-refractivity contribution in [3.05, 3.63) is 24.3 Å². The third-order valence-corrected chi connectivity index (χ3v) is 6.70. The number of rotatable bonds is 6. The van der Waals surface area contributed by atoms with Crippen molar-refractivity contribution in [3.63, 3.8) is 0 Å². The lowest BCUT2D eigenvalue weighted by molar-refractivity contribution is -0.129. The van der Waals surface area contributed by atoms with Gasteiger partial charge < -0.3 is 14.4 Å².